The molecule has 0 bridgehead atoms. The number of carbonyl (C=O) groups excluding carboxylic acids is 1. The van der Waals surface area contributed by atoms with E-state index in [4.69, 9.17) is 5.11 Å². The van der Waals surface area contributed by atoms with Gasteiger partial charge in [-0.15, -0.1) is 0 Å². The van der Waals surface area contributed by atoms with Gasteiger partial charge in [-0.2, -0.15) is 0 Å². The summed E-state index contributed by atoms with van der Waals surface area (Å²) in [6.45, 7) is 0. The van der Waals surface area contributed by atoms with Crippen molar-refractivity contribution < 1.29 is 14.7 Å². The zero-order chi connectivity index (χ0) is 14.9. The predicted octanol–water partition coefficient (Wildman–Crippen LogP) is 3.15. The fourth-order valence-corrected chi connectivity index (χ4v) is 3.81. The summed E-state index contributed by atoms with van der Waals surface area (Å²) >= 11 is 0. The molecule has 1 aromatic carbocycles. The molecular weight excluding hydrogens is 266 g/mol. The van der Waals surface area contributed by atoms with Crippen LogP contribution in [-0.4, -0.2) is 17.0 Å². The zero-order valence-electron chi connectivity index (χ0n) is 12.2. The Kier molecular flexibility index (Phi) is 3.70. The van der Waals surface area contributed by atoms with Crippen molar-refractivity contribution in [3.63, 3.8) is 0 Å². The first-order valence-corrected chi connectivity index (χ1v) is 7.70. The lowest BCUT2D eigenvalue weighted by atomic mass is 9.77. The fraction of sp³-hybridized carbons (Fsp3) is 0.529. The molecule has 2 aliphatic rings. The lowest BCUT2D eigenvalue weighted by molar-refractivity contribution is -0.139. The molecule has 0 radical (unpaired) electrons. The molecular formula is C17H21NO3. The molecule has 1 saturated carbocycles. The Labute approximate surface area is 124 Å². The second-order valence-corrected chi connectivity index (χ2v) is 6.49. The Balaban J connectivity index is 1.68. The summed E-state index contributed by atoms with van der Waals surface area (Å²) in [5.74, 6) is -0.624. The van der Waals surface area contributed by atoms with Crippen molar-refractivity contribution in [1.29, 1.82) is 0 Å². The maximum atomic E-state index is 11.4. The van der Waals surface area contributed by atoms with Gasteiger partial charge in [-0.3, -0.25) is 9.59 Å². The average Bonchev–Trinajstić information content (AvgIpc) is 3.01. The van der Waals surface area contributed by atoms with E-state index in [1.807, 2.05) is 12.1 Å². The largest absolute Gasteiger partial charge is 0.481 e. The summed E-state index contributed by atoms with van der Waals surface area (Å²) in [6.07, 6.45) is 6.94. The molecule has 1 aromatic rings. The first-order valence-electron chi connectivity index (χ1n) is 7.70. The van der Waals surface area contributed by atoms with Crippen molar-refractivity contribution in [1.82, 2.24) is 0 Å². The van der Waals surface area contributed by atoms with E-state index in [9.17, 15) is 9.59 Å². The van der Waals surface area contributed by atoms with E-state index in [0.29, 0.717) is 6.42 Å². The molecule has 3 rings (SSSR count). The molecule has 1 fully saturated rings. The zero-order valence-corrected chi connectivity index (χ0v) is 12.2. The van der Waals surface area contributed by atoms with Crippen LogP contribution < -0.4 is 5.32 Å². The van der Waals surface area contributed by atoms with Crippen LogP contribution >= 0.6 is 0 Å². The van der Waals surface area contributed by atoms with E-state index in [1.165, 1.54) is 5.56 Å². The van der Waals surface area contributed by atoms with Gasteiger partial charge in [0, 0.05) is 5.69 Å². The van der Waals surface area contributed by atoms with Crippen LogP contribution in [0.5, 0.6) is 0 Å². The van der Waals surface area contributed by atoms with Crippen LogP contribution in [-0.2, 0) is 22.4 Å². The SMILES string of the molecule is O=C(O)CC1(CCc2ccc3c(c2)CC(=O)N3)CCCC1. The van der Waals surface area contributed by atoms with Gasteiger partial charge in [-0.25, -0.2) is 0 Å². The molecule has 21 heavy (non-hydrogen) atoms. The highest BCUT2D eigenvalue weighted by atomic mass is 16.4. The second kappa shape index (κ2) is 5.51. The van der Waals surface area contributed by atoms with Crippen LogP contribution in [0.3, 0.4) is 0 Å². The molecule has 0 atom stereocenters. The number of benzene rings is 1. The summed E-state index contributed by atoms with van der Waals surface area (Å²) in [5.41, 5.74) is 3.18. The number of aliphatic carboxylic acids is 1. The normalized spacial score (nSPS) is 19.3. The molecule has 112 valence electrons. The van der Waals surface area contributed by atoms with Gasteiger partial charge in [0.2, 0.25) is 5.91 Å². The number of rotatable bonds is 5. The van der Waals surface area contributed by atoms with Gasteiger partial charge in [-0.1, -0.05) is 25.0 Å². The Morgan fingerprint density at radius 1 is 1.29 bits per heavy atom. The predicted molar refractivity (Wildman–Crippen MR) is 80.3 cm³/mol. The minimum Gasteiger partial charge on any atom is -0.481 e. The van der Waals surface area contributed by atoms with Gasteiger partial charge < -0.3 is 10.4 Å². The third kappa shape index (κ3) is 3.09. The lowest BCUT2D eigenvalue weighted by Gasteiger charge is -2.27. The van der Waals surface area contributed by atoms with Gasteiger partial charge in [0.05, 0.1) is 12.8 Å². The molecule has 0 spiro atoms. The van der Waals surface area contributed by atoms with Gasteiger partial charge in [-0.05, 0) is 48.3 Å². The van der Waals surface area contributed by atoms with E-state index in [1.54, 1.807) is 0 Å². The number of aryl methyl sites for hydroxylation is 1. The number of carbonyl (C=O) groups is 2. The van der Waals surface area contributed by atoms with Crippen molar-refractivity contribution in [3.8, 4) is 0 Å². The van der Waals surface area contributed by atoms with E-state index in [0.717, 1.165) is 49.8 Å². The fourth-order valence-electron chi connectivity index (χ4n) is 3.81. The van der Waals surface area contributed by atoms with Crippen molar-refractivity contribution in [2.75, 3.05) is 5.32 Å². The third-order valence-corrected chi connectivity index (χ3v) is 4.93. The number of hydrogen-bond donors (Lipinski definition) is 2. The van der Waals surface area contributed by atoms with Crippen LogP contribution in [0.1, 0.15) is 49.7 Å². The number of fused-ring (bicyclic) bond motifs is 1. The Morgan fingerprint density at radius 2 is 2.05 bits per heavy atom. The summed E-state index contributed by atoms with van der Waals surface area (Å²) in [4.78, 5) is 22.5. The standard InChI is InChI=1S/C17H21NO3/c19-15-10-13-9-12(3-4-14(13)18-15)5-8-17(11-16(20)21)6-1-2-7-17/h3-4,9H,1-2,5-8,10-11H2,(H,18,19)(H,20,21). The van der Waals surface area contributed by atoms with Crippen LogP contribution in [0.2, 0.25) is 0 Å². The highest BCUT2D eigenvalue weighted by molar-refractivity contribution is 5.99. The molecule has 1 aliphatic heterocycles. The molecule has 0 aromatic heterocycles. The lowest BCUT2D eigenvalue weighted by Crippen LogP contribution is -2.21. The highest BCUT2D eigenvalue weighted by Gasteiger charge is 2.35. The minimum atomic E-state index is -0.680. The van der Waals surface area contributed by atoms with Crippen molar-refractivity contribution >= 4 is 17.6 Å². The summed E-state index contributed by atoms with van der Waals surface area (Å²) < 4.78 is 0. The smallest absolute Gasteiger partial charge is 0.303 e. The summed E-state index contributed by atoms with van der Waals surface area (Å²) in [5, 5.41) is 12.0. The number of nitrogens with one attached hydrogen (secondary N) is 1. The summed E-state index contributed by atoms with van der Waals surface area (Å²) in [7, 11) is 0. The Morgan fingerprint density at radius 3 is 2.76 bits per heavy atom. The van der Waals surface area contributed by atoms with Crippen molar-refractivity contribution in [2.24, 2.45) is 5.41 Å². The topological polar surface area (TPSA) is 66.4 Å². The van der Waals surface area contributed by atoms with E-state index in [-0.39, 0.29) is 17.7 Å². The molecule has 0 saturated heterocycles. The van der Waals surface area contributed by atoms with Crippen LogP contribution in [0, 0.1) is 5.41 Å². The number of amides is 1. The van der Waals surface area contributed by atoms with Crippen LogP contribution in [0.4, 0.5) is 5.69 Å². The Bertz CT molecular complexity index is 573. The first kappa shape index (κ1) is 14.1. The minimum absolute atomic E-state index is 0.0150. The molecule has 4 nitrogen and oxygen atoms in total. The van der Waals surface area contributed by atoms with Crippen molar-refractivity contribution in [2.45, 2.75) is 51.4 Å². The molecule has 0 unspecified atom stereocenters. The number of carboxylic acids is 1. The quantitative estimate of drug-likeness (QED) is 0.874. The number of anilines is 1. The first-order chi connectivity index (χ1) is 10.1. The highest BCUT2D eigenvalue weighted by Crippen LogP contribution is 2.44. The van der Waals surface area contributed by atoms with Gasteiger partial charge in [0.1, 0.15) is 0 Å². The third-order valence-electron chi connectivity index (χ3n) is 4.93. The van der Waals surface area contributed by atoms with E-state index < -0.39 is 5.97 Å². The molecule has 1 heterocycles. The second-order valence-electron chi connectivity index (χ2n) is 6.49. The number of carboxylic acid groups (broad SMARTS) is 1. The van der Waals surface area contributed by atoms with Gasteiger partial charge >= 0.3 is 5.97 Å². The molecule has 2 N–H and O–H groups in total. The average molecular weight is 287 g/mol. The molecule has 1 aliphatic carbocycles. The number of hydrogen-bond acceptors (Lipinski definition) is 2. The Hall–Kier alpha value is -1.84. The maximum Gasteiger partial charge on any atom is 0.303 e. The van der Waals surface area contributed by atoms with Crippen LogP contribution in [0.25, 0.3) is 0 Å². The van der Waals surface area contributed by atoms with Crippen molar-refractivity contribution in [3.05, 3.63) is 29.3 Å². The van der Waals surface area contributed by atoms with Gasteiger partial charge in [0.15, 0.2) is 0 Å². The maximum absolute atomic E-state index is 11.4. The summed E-state index contributed by atoms with van der Waals surface area (Å²) in [6, 6.07) is 6.11. The molecule has 4 heteroatoms. The van der Waals surface area contributed by atoms with Gasteiger partial charge in [0.25, 0.3) is 0 Å². The van der Waals surface area contributed by atoms with E-state index >= 15 is 0 Å². The van der Waals surface area contributed by atoms with E-state index in [2.05, 4.69) is 11.4 Å². The van der Waals surface area contributed by atoms with Crippen LogP contribution in [0.15, 0.2) is 18.2 Å². The molecule has 1 amide bonds. The monoisotopic (exact) mass is 287 g/mol.